The van der Waals surface area contributed by atoms with Gasteiger partial charge in [-0.1, -0.05) is 20.8 Å². The SMILES string of the molecule is CCC(=O)c1c(CC)nn(CCC(F)(F)F)c1CC. The predicted molar refractivity (Wildman–Crippen MR) is 66.3 cm³/mol. The first-order chi connectivity index (χ1) is 8.84. The molecule has 0 aliphatic rings. The summed E-state index contributed by atoms with van der Waals surface area (Å²) < 4.78 is 38.2. The molecule has 0 radical (unpaired) electrons. The highest BCUT2D eigenvalue weighted by molar-refractivity contribution is 5.98. The maximum atomic E-state index is 12.3. The van der Waals surface area contributed by atoms with Gasteiger partial charge in [-0.25, -0.2) is 0 Å². The van der Waals surface area contributed by atoms with Gasteiger partial charge in [-0.15, -0.1) is 0 Å². The third-order valence-corrected chi connectivity index (χ3v) is 3.01. The van der Waals surface area contributed by atoms with Crippen LogP contribution in [0.4, 0.5) is 13.2 Å². The lowest BCUT2D eigenvalue weighted by molar-refractivity contribution is -0.137. The molecule has 0 saturated heterocycles. The van der Waals surface area contributed by atoms with Gasteiger partial charge < -0.3 is 0 Å². The lowest BCUT2D eigenvalue weighted by Gasteiger charge is -2.09. The third-order valence-electron chi connectivity index (χ3n) is 3.01. The van der Waals surface area contributed by atoms with E-state index >= 15 is 0 Å². The molecule has 0 spiro atoms. The summed E-state index contributed by atoms with van der Waals surface area (Å²) >= 11 is 0. The van der Waals surface area contributed by atoms with Crippen LogP contribution in [0.1, 0.15) is 55.4 Å². The van der Waals surface area contributed by atoms with E-state index in [9.17, 15) is 18.0 Å². The highest BCUT2D eigenvalue weighted by Gasteiger charge is 2.28. The quantitative estimate of drug-likeness (QED) is 0.745. The molecule has 0 bridgehead atoms. The number of Topliss-reactive ketones (excluding diaryl/α,β-unsaturated/α-hetero) is 1. The zero-order valence-corrected chi connectivity index (χ0v) is 11.5. The van der Waals surface area contributed by atoms with Gasteiger partial charge in [0.15, 0.2) is 5.78 Å². The normalized spacial score (nSPS) is 11.9. The number of carbonyl (C=O) groups excluding carboxylic acids is 1. The molecule has 0 aliphatic heterocycles. The second-order valence-electron chi connectivity index (χ2n) is 4.34. The molecule has 0 amide bonds. The number of rotatable bonds is 6. The zero-order chi connectivity index (χ0) is 14.6. The Morgan fingerprint density at radius 3 is 2.26 bits per heavy atom. The Hall–Kier alpha value is -1.33. The fraction of sp³-hybridized carbons (Fsp3) is 0.692. The van der Waals surface area contributed by atoms with Crippen molar-refractivity contribution in [2.24, 2.45) is 0 Å². The van der Waals surface area contributed by atoms with Crippen LogP contribution in [0.15, 0.2) is 0 Å². The highest BCUT2D eigenvalue weighted by Crippen LogP contribution is 2.23. The van der Waals surface area contributed by atoms with Crippen molar-refractivity contribution in [3.8, 4) is 0 Å². The van der Waals surface area contributed by atoms with Gasteiger partial charge in [0.2, 0.25) is 0 Å². The molecule has 3 nitrogen and oxygen atoms in total. The molecule has 0 unspecified atom stereocenters. The van der Waals surface area contributed by atoms with E-state index in [1.54, 1.807) is 6.92 Å². The number of carbonyl (C=O) groups is 1. The van der Waals surface area contributed by atoms with Gasteiger partial charge in [0.25, 0.3) is 0 Å². The highest BCUT2D eigenvalue weighted by atomic mass is 19.4. The molecule has 1 rings (SSSR count). The number of alkyl halides is 3. The van der Waals surface area contributed by atoms with Crippen LogP contribution in [-0.4, -0.2) is 21.7 Å². The minimum atomic E-state index is -4.21. The zero-order valence-electron chi connectivity index (χ0n) is 11.5. The van der Waals surface area contributed by atoms with E-state index in [0.717, 1.165) is 0 Å². The van der Waals surface area contributed by atoms with Crippen LogP contribution in [0.2, 0.25) is 0 Å². The van der Waals surface area contributed by atoms with Crippen LogP contribution in [0.25, 0.3) is 0 Å². The summed E-state index contributed by atoms with van der Waals surface area (Å²) in [5.41, 5.74) is 1.74. The van der Waals surface area contributed by atoms with E-state index in [2.05, 4.69) is 5.10 Å². The van der Waals surface area contributed by atoms with E-state index in [1.807, 2.05) is 13.8 Å². The van der Waals surface area contributed by atoms with Crippen molar-refractivity contribution in [3.63, 3.8) is 0 Å². The lowest BCUT2D eigenvalue weighted by Crippen LogP contribution is -2.15. The molecule has 0 saturated carbocycles. The number of hydrogen-bond acceptors (Lipinski definition) is 2. The van der Waals surface area contributed by atoms with Crippen molar-refractivity contribution in [1.29, 1.82) is 0 Å². The molecule has 6 heteroatoms. The number of halogens is 3. The van der Waals surface area contributed by atoms with Gasteiger partial charge in [-0.05, 0) is 12.8 Å². The van der Waals surface area contributed by atoms with Crippen molar-refractivity contribution in [2.45, 2.75) is 59.2 Å². The molecule has 0 atom stereocenters. The van der Waals surface area contributed by atoms with E-state index in [-0.39, 0.29) is 12.3 Å². The second-order valence-corrected chi connectivity index (χ2v) is 4.34. The number of hydrogen-bond donors (Lipinski definition) is 0. The minimum absolute atomic E-state index is 0.0491. The summed E-state index contributed by atoms with van der Waals surface area (Å²) in [6.07, 6.45) is -3.74. The van der Waals surface area contributed by atoms with E-state index in [0.29, 0.717) is 36.2 Å². The minimum Gasteiger partial charge on any atom is -0.294 e. The van der Waals surface area contributed by atoms with Gasteiger partial charge >= 0.3 is 6.18 Å². The standard InChI is InChI=1S/C13H19F3N2O/c1-4-9-12(11(19)6-3)10(5-2)18(17-9)8-7-13(14,15)16/h4-8H2,1-3H3. The topological polar surface area (TPSA) is 34.9 Å². The maximum Gasteiger partial charge on any atom is 0.390 e. The van der Waals surface area contributed by atoms with Gasteiger partial charge in [0.1, 0.15) is 0 Å². The number of aryl methyl sites for hydroxylation is 2. The van der Waals surface area contributed by atoms with Crippen LogP contribution in [-0.2, 0) is 19.4 Å². The van der Waals surface area contributed by atoms with E-state index < -0.39 is 12.6 Å². The second kappa shape index (κ2) is 6.21. The molecular weight excluding hydrogens is 257 g/mol. The first-order valence-electron chi connectivity index (χ1n) is 6.52. The Morgan fingerprint density at radius 2 is 1.84 bits per heavy atom. The number of aromatic nitrogens is 2. The average molecular weight is 276 g/mol. The number of nitrogens with zero attached hydrogens (tertiary/aromatic N) is 2. The third kappa shape index (κ3) is 3.81. The molecule has 1 aromatic rings. The monoisotopic (exact) mass is 276 g/mol. The van der Waals surface area contributed by atoms with E-state index in [1.165, 1.54) is 4.68 Å². The summed E-state index contributed by atoms with van der Waals surface area (Å²) in [4.78, 5) is 11.9. The maximum absolute atomic E-state index is 12.3. The Kier molecular flexibility index (Phi) is 5.14. The van der Waals surface area contributed by atoms with Crippen LogP contribution in [0, 0.1) is 0 Å². The van der Waals surface area contributed by atoms with Gasteiger partial charge in [0.05, 0.1) is 17.7 Å². The summed E-state index contributed by atoms with van der Waals surface area (Å²) in [6.45, 7) is 5.19. The van der Waals surface area contributed by atoms with Crippen molar-refractivity contribution >= 4 is 5.78 Å². The molecule has 0 N–H and O–H groups in total. The first kappa shape index (κ1) is 15.7. The van der Waals surface area contributed by atoms with Gasteiger partial charge in [0, 0.05) is 18.7 Å². The Morgan fingerprint density at radius 1 is 1.21 bits per heavy atom. The summed E-state index contributed by atoms with van der Waals surface area (Å²) in [7, 11) is 0. The molecule has 0 fully saturated rings. The molecule has 108 valence electrons. The Bertz CT molecular complexity index is 449. The fourth-order valence-electron chi connectivity index (χ4n) is 2.07. The van der Waals surface area contributed by atoms with Gasteiger partial charge in [-0.2, -0.15) is 18.3 Å². The number of ketones is 1. The average Bonchev–Trinajstić information content (AvgIpc) is 2.72. The molecule has 0 aromatic carbocycles. The summed E-state index contributed by atoms with van der Waals surface area (Å²) in [5.74, 6) is -0.0491. The lowest BCUT2D eigenvalue weighted by atomic mass is 10.0. The Labute approximate surface area is 110 Å². The predicted octanol–water partition coefficient (Wildman–Crippen LogP) is 3.55. The van der Waals surface area contributed by atoms with Crippen LogP contribution >= 0.6 is 0 Å². The largest absolute Gasteiger partial charge is 0.390 e. The molecule has 1 aromatic heterocycles. The summed E-state index contributed by atoms with van der Waals surface area (Å²) in [6, 6.07) is 0. The molecular formula is C13H19F3N2O. The molecule has 0 aliphatic carbocycles. The van der Waals surface area contributed by atoms with Crippen molar-refractivity contribution in [3.05, 3.63) is 17.0 Å². The Balaban J connectivity index is 3.12. The van der Waals surface area contributed by atoms with Gasteiger partial charge in [-0.3, -0.25) is 9.48 Å². The molecule has 1 heterocycles. The summed E-state index contributed by atoms with van der Waals surface area (Å²) in [5, 5.41) is 4.17. The van der Waals surface area contributed by atoms with Crippen LogP contribution < -0.4 is 0 Å². The smallest absolute Gasteiger partial charge is 0.294 e. The van der Waals surface area contributed by atoms with Crippen molar-refractivity contribution in [1.82, 2.24) is 9.78 Å². The van der Waals surface area contributed by atoms with Crippen LogP contribution in [0.5, 0.6) is 0 Å². The van der Waals surface area contributed by atoms with Crippen molar-refractivity contribution < 1.29 is 18.0 Å². The van der Waals surface area contributed by atoms with Crippen molar-refractivity contribution in [2.75, 3.05) is 0 Å². The molecule has 19 heavy (non-hydrogen) atoms. The van der Waals surface area contributed by atoms with E-state index in [4.69, 9.17) is 0 Å². The first-order valence-corrected chi connectivity index (χ1v) is 6.52. The van der Waals surface area contributed by atoms with Crippen LogP contribution in [0.3, 0.4) is 0 Å². The fourth-order valence-corrected chi connectivity index (χ4v) is 2.07.